The Morgan fingerprint density at radius 1 is 1.32 bits per heavy atom. The number of amides is 1. The molecule has 1 amide bonds. The summed E-state index contributed by atoms with van der Waals surface area (Å²) < 4.78 is 5.06. The summed E-state index contributed by atoms with van der Waals surface area (Å²) in [7, 11) is 1.60. The van der Waals surface area contributed by atoms with Crippen LogP contribution >= 0.6 is 0 Å². The Morgan fingerprint density at radius 2 is 1.95 bits per heavy atom. The van der Waals surface area contributed by atoms with Crippen LogP contribution in [0.25, 0.3) is 0 Å². The summed E-state index contributed by atoms with van der Waals surface area (Å²) >= 11 is 0. The number of ether oxygens (including phenoxy) is 1. The first-order valence-electron chi connectivity index (χ1n) is 6.15. The Kier molecular flexibility index (Phi) is 5.85. The molecule has 1 rings (SSSR count). The molecule has 1 atom stereocenters. The molecule has 0 aromatic heterocycles. The highest BCUT2D eigenvalue weighted by atomic mass is 16.5. The summed E-state index contributed by atoms with van der Waals surface area (Å²) in [6.45, 7) is 1.99. The normalized spacial score (nSPS) is 11.7. The highest BCUT2D eigenvalue weighted by Crippen LogP contribution is 2.14. The molecule has 5 heteroatoms. The van der Waals surface area contributed by atoms with Crippen molar-refractivity contribution < 1.29 is 19.4 Å². The van der Waals surface area contributed by atoms with Crippen molar-refractivity contribution >= 4 is 11.9 Å². The van der Waals surface area contributed by atoms with Crippen molar-refractivity contribution in [1.29, 1.82) is 0 Å². The SMILES string of the molecule is COc1ccc(CC(C)C(=O)NCCC(=O)O)cc1. The summed E-state index contributed by atoms with van der Waals surface area (Å²) in [5.41, 5.74) is 1.04. The number of nitrogens with one attached hydrogen (secondary N) is 1. The van der Waals surface area contributed by atoms with E-state index in [4.69, 9.17) is 9.84 Å². The van der Waals surface area contributed by atoms with E-state index in [1.54, 1.807) is 7.11 Å². The van der Waals surface area contributed by atoms with Gasteiger partial charge in [0.2, 0.25) is 5.91 Å². The van der Waals surface area contributed by atoms with Gasteiger partial charge in [-0.3, -0.25) is 9.59 Å². The lowest BCUT2D eigenvalue weighted by atomic mass is 10.0. The van der Waals surface area contributed by atoms with Crippen LogP contribution < -0.4 is 10.1 Å². The Balaban J connectivity index is 2.42. The van der Waals surface area contributed by atoms with E-state index < -0.39 is 5.97 Å². The minimum atomic E-state index is -0.914. The first kappa shape index (κ1) is 15.0. The van der Waals surface area contributed by atoms with Crippen LogP contribution in [-0.4, -0.2) is 30.6 Å². The van der Waals surface area contributed by atoms with Gasteiger partial charge in [0.1, 0.15) is 5.75 Å². The van der Waals surface area contributed by atoms with Crippen molar-refractivity contribution in [1.82, 2.24) is 5.32 Å². The number of hydrogen-bond acceptors (Lipinski definition) is 3. The van der Waals surface area contributed by atoms with Gasteiger partial charge in [-0.2, -0.15) is 0 Å². The molecule has 2 N–H and O–H groups in total. The molecular weight excluding hydrogens is 246 g/mol. The Hall–Kier alpha value is -2.04. The zero-order chi connectivity index (χ0) is 14.3. The largest absolute Gasteiger partial charge is 0.497 e. The molecule has 0 aliphatic rings. The molecular formula is C14H19NO4. The average Bonchev–Trinajstić information content (AvgIpc) is 2.39. The maximum absolute atomic E-state index is 11.7. The first-order chi connectivity index (χ1) is 9.02. The van der Waals surface area contributed by atoms with E-state index in [2.05, 4.69) is 5.32 Å². The van der Waals surface area contributed by atoms with Crippen molar-refractivity contribution in [2.45, 2.75) is 19.8 Å². The summed E-state index contributed by atoms with van der Waals surface area (Å²) in [6, 6.07) is 7.54. The molecule has 0 aliphatic carbocycles. The fourth-order valence-electron chi connectivity index (χ4n) is 1.67. The molecule has 0 aliphatic heterocycles. The quantitative estimate of drug-likeness (QED) is 0.782. The highest BCUT2D eigenvalue weighted by Gasteiger charge is 2.13. The third-order valence-electron chi connectivity index (χ3n) is 2.79. The molecule has 0 heterocycles. The van der Waals surface area contributed by atoms with E-state index in [1.807, 2.05) is 31.2 Å². The number of rotatable bonds is 7. The maximum atomic E-state index is 11.7. The lowest BCUT2D eigenvalue weighted by molar-refractivity contribution is -0.137. The Morgan fingerprint density at radius 3 is 2.47 bits per heavy atom. The number of carbonyl (C=O) groups is 2. The number of carboxylic acid groups (broad SMARTS) is 1. The van der Waals surface area contributed by atoms with E-state index >= 15 is 0 Å². The number of carboxylic acids is 1. The second-order valence-corrected chi connectivity index (χ2v) is 4.39. The molecule has 0 bridgehead atoms. The highest BCUT2D eigenvalue weighted by molar-refractivity contribution is 5.79. The molecule has 0 saturated heterocycles. The number of hydrogen-bond donors (Lipinski definition) is 2. The fraction of sp³-hybridized carbons (Fsp3) is 0.429. The van der Waals surface area contributed by atoms with Crippen LogP contribution in [0.5, 0.6) is 5.75 Å². The van der Waals surface area contributed by atoms with Gasteiger partial charge in [0.05, 0.1) is 13.5 Å². The number of benzene rings is 1. The topological polar surface area (TPSA) is 75.6 Å². The average molecular weight is 265 g/mol. The number of carbonyl (C=O) groups excluding carboxylic acids is 1. The Bertz CT molecular complexity index is 428. The molecule has 1 aromatic rings. The molecule has 0 saturated carbocycles. The van der Waals surface area contributed by atoms with E-state index in [1.165, 1.54) is 0 Å². The summed E-state index contributed by atoms with van der Waals surface area (Å²) in [6.07, 6.45) is 0.559. The second kappa shape index (κ2) is 7.41. The third-order valence-corrected chi connectivity index (χ3v) is 2.79. The van der Waals surface area contributed by atoms with Gasteiger partial charge in [0.25, 0.3) is 0 Å². The monoisotopic (exact) mass is 265 g/mol. The molecule has 0 radical (unpaired) electrons. The Labute approximate surface area is 112 Å². The van der Waals surface area contributed by atoms with Crippen LogP contribution in [0, 0.1) is 5.92 Å². The summed E-state index contributed by atoms with van der Waals surface area (Å²) in [4.78, 5) is 22.1. The van der Waals surface area contributed by atoms with Gasteiger partial charge in [-0.25, -0.2) is 0 Å². The van der Waals surface area contributed by atoms with Crippen molar-refractivity contribution in [3.8, 4) is 5.75 Å². The lowest BCUT2D eigenvalue weighted by Crippen LogP contribution is -2.31. The van der Waals surface area contributed by atoms with Gasteiger partial charge in [-0.15, -0.1) is 0 Å². The molecule has 0 spiro atoms. The second-order valence-electron chi connectivity index (χ2n) is 4.39. The van der Waals surface area contributed by atoms with Crippen molar-refractivity contribution in [2.75, 3.05) is 13.7 Å². The zero-order valence-corrected chi connectivity index (χ0v) is 11.2. The van der Waals surface area contributed by atoms with Gasteiger partial charge in [0.15, 0.2) is 0 Å². The van der Waals surface area contributed by atoms with E-state index in [0.29, 0.717) is 6.42 Å². The molecule has 19 heavy (non-hydrogen) atoms. The standard InChI is InChI=1S/C14H19NO4/c1-10(14(18)15-8-7-13(16)17)9-11-3-5-12(19-2)6-4-11/h3-6,10H,7-9H2,1-2H3,(H,15,18)(H,16,17). The first-order valence-corrected chi connectivity index (χ1v) is 6.15. The maximum Gasteiger partial charge on any atom is 0.305 e. The number of methoxy groups -OCH3 is 1. The fourth-order valence-corrected chi connectivity index (χ4v) is 1.67. The van der Waals surface area contributed by atoms with Gasteiger partial charge in [0, 0.05) is 12.5 Å². The summed E-state index contributed by atoms with van der Waals surface area (Å²) in [5, 5.41) is 11.1. The predicted molar refractivity (Wildman–Crippen MR) is 71.1 cm³/mol. The molecule has 1 aromatic carbocycles. The predicted octanol–water partition coefficient (Wildman–Crippen LogP) is 1.46. The van der Waals surface area contributed by atoms with Crippen LogP contribution in [0.1, 0.15) is 18.9 Å². The van der Waals surface area contributed by atoms with Crippen molar-refractivity contribution in [3.63, 3.8) is 0 Å². The van der Waals surface area contributed by atoms with E-state index in [-0.39, 0.29) is 24.8 Å². The van der Waals surface area contributed by atoms with Crippen LogP contribution in [0.3, 0.4) is 0 Å². The van der Waals surface area contributed by atoms with E-state index in [9.17, 15) is 9.59 Å². The van der Waals surface area contributed by atoms with Gasteiger partial charge in [-0.1, -0.05) is 19.1 Å². The smallest absolute Gasteiger partial charge is 0.305 e. The minimum Gasteiger partial charge on any atom is -0.497 e. The minimum absolute atomic E-state index is 0.0546. The van der Waals surface area contributed by atoms with Crippen molar-refractivity contribution in [3.05, 3.63) is 29.8 Å². The molecule has 104 valence electrons. The zero-order valence-electron chi connectivity index (χ0n) is 11.2. The third kappa shape index (κ3) is 5.42. The van der Waals surface area contributed by atoms with Gasteiger partial charge >= 0.3 is 5.97 Å². The lowest BCUT2D eigenvalue weighted by Gasteiger charge is -2.12. The van der Waals surface area contributed by atoms with Crippen LogP contribution in [0.15, 0.2) is 24.3 Å². The van der Waals surface area contributed by atoms with E-state index in [0.717, 1.165) is 11.3 Å². The van der Waals surface area contributed by atoms with Crippen LogP contribution in [0.2, 0.25) is 0 Å². The molecule has 5 nitrogen and oxygen atoms in total. The summed E-state index contributed by atoms with van der Waals surface area (Å²) in [5.74, 6) is -0.454. The van der Waals surface area contributed by atoms with Crippen molar-refractivity contribution in [2.24, 2.45) is 5.92 Å². The van der Waals surface area contributed by atoms with Crippen LogP contribution in [-0.2, 0) is 16.0 Å². The number of aliphatic carboxylic acids is 1. The molecule has 0 fully saturated rings. The van der Waals surface area contributed by atoms with Crippen LogP contribution in [0.4, 0.5) is 0 Å². The molecule has 1 unspecified atom stereocenters. The van der Waals surface area contributed by atoms with Gasteiger partial charge < -0.3 is 15.2 Å². The van der Waals surface area contributed by atoms with Gasteiger partial charge in [-0.05, 0) is 24.1 Å².